The maximum absolute atomic E-state index is 7.53. The van der Waals surface area contributed by atoms with E-state index in [-0.39, 0.29) is 5.84 Å². The Morgan fingerprint density at radius 3 is 2.37 bits per heavy atom. The molecule has 0 radical (unpaired) electrons. The van der Waals surface area contributed by atoms with E-state index in [0.717, 1.165) is 0 Å². The van der Waals surface area contributed by atoms with Crippen LogP contribution in [0, 0.1) is 5.41 Å². The van der Waals surface area contributed by atoms with Crippen molar-refractivity contribution in [3.05, 3.63) is 57.0 Å². The molecule has 0 aliphatic rings. The zero-order valence-electron chi connectivity index (χ0n) is 9.58. The maximum atomic E-state index is 7.53. The van der Waals surface area contributed by atoms with Gasteiger partial charge >= 0.3 is 0 Å². The van der Waals surface area contributed by atoms with Crippen LogP contribution in [0.4, 0.5) is 0 Å². The lowest BCUT2D eigenvalue weighted by Crippen LogP contribution is -2.13. The molecule has 0 amide bonds. The molecule has 19 heavy (non-hydrogen) atoms. The number of hydrogen-bond donors (Lipinski definition) is 2. The monoisotopic (exact) mass is 314 g/mol. The fraction of sp³-hybridized carbons (Fsp3) is 0. The SMILES string of the molecule is N=C(N)c1c(Cl)cccc1Oc1ccc(Cl)c(Cl)c1. The smallest absolute Gasteiger partial charge is 0.139 e. The quantitative estimate of drug-likeness (QED) is 0.636. The average molecular weight is 316 g/mol. The summed E-state index contributed by atoms with van der Waals surface area (Å²) >= 11 is 17.7. The van der Waals surface area contributed by atoms with Gasteiger partial charge in [-0.3, -0.25) is 5.41 Å². The van der Waals surface area contributed by atoms with E-state index in [0.29, 0.717) is 32.1 Å². The molecule has 3 nitrogen and oxygen atoms in total. The van der Waals surface area contributed by atoms with Crippen molar-refractivity contribution in [1.82, 2.24) is 0 Å². The maximum Gasteiger partial charge on any atom is 0.139 e. The topological polar surface area (TPSA) is 59.1 Å². The first-order valence-corrected chi connectivity index (χ1v) is 6.38. The molecule has 2 aromatic carbocycles. The van der Waals surface area contributed by atoms with Crippen LogP contribution in [0.2, 0.25) is 15.1 Å². The van der Waals surface area contributed by atoms with Crippen LogP contribution >= 0.6 is 34.8 Å². The number of nitrogens with two attached hydrogens (primary N) is 1. The van der Waals surface area contributed by atoms with E-state index in [2.05, 4.69) is 0 Å². The Hall–Kier alpha value is -1.42. The summed E-state index contributed by atoms with van der Waals surface area (Å²) < 4.78 is 5.64. The van der Waals surface area contributed by atoms with Gasteiger partial charge in [0, 0.05) is 6.07 Å². The molecule has 0 atom stereocenters. The fourth-order valence-electron chi connectivity index (χ4n) is 1.52. The van der Waals surface area contributed by atoms with Crippen molar-refractivity contribution >= 4 is 40.6 Å². The molecule has 0 spiro atoms. The highest BCUT2D eigenvalue weighted by Gasteiger charge is 2.12. The Kier molecular flexibility index (Phi) is 4.20. The standard InChI is InChI=1S/C13H9Cl3N2O/c14-8-5-4-7(6-10(8)16)19-11-3-1-2-9(15)12(11)13(17)18/h1-6H,(H3,17,18). The lowest BCUT2D eigenvalue weighted by atomic mass is 10.2. The highest BCUT2D eigenvalue weighted by Crippen LogP contribution is 2.33. The lowest BCUT2D eigenvalue weighted by molar-refractivity contribution is 0.481. The summed E-state index contributed by atoms with van der Waals surface area (Å²) in [5, 5.41) is 8.69. The molecule has 0 saturated carbocycles. The average Bonchev–Trinajstić information content (AvgIpc) is 2.33. The Bertz CT molecular complexity index is 644. The molecule has 0 unspecified atom stereocenters. The van der Waals surface area contributed by atoms with E-state index >= 15 is 0 Å². The lowest BCUT2D eigenvalue weighted by Gasteiger charge is -2.12. The van der Waals surface area contributed by atoms with Crippen molar-refractivity contribution in [2.45, 2.75) is 0 Å². The van der Waals surface area contributed by atoms with Gasteiger partial charge in [-0.1, -0.05) is 40.9 Å². The minimum atomic E-state index is -0.166. The van der Waals surface area contributed by atoms with E-state index < -0.39 is 0 Å². The van der Waals surface area contributed by atoms with Crippen molar-refractivity contribution < 1.29 is 4.74 Å². The highest BCUT2D eigenvalue weighted by atomic mass is 35.5. The molecule has 0 aliphatic heterocycles. The number of hydrogen-bond acceptors (Lipinski definition) is 2. The predicted molar refractivity (Wildman–Crippen MR) is 79.0 cm³/mol. The molecular formula is C13H9Cl3N2O. The largest absolute Gasteiger partial charge is 0.456 e. The summed E-state index contributed by atoms with van der Waals surface area (Å²) in [6.45, 7) is 0. The molecular weight excluding hydrogens is 307 g/mol. The number of halogens is 3. The van der Waals surface area contributed by atoms with Gasteiger partial charge in [0.05, 0.1) is 20.6 Å². The van der Waals surface area contributed by atoms with E-state index in [9.17, 15) is 0 Å². The van der Waals surface area contributed by atoms with Gasteiger partial charge in [-0.25, -0.2) is 0 Å². The number of amidine groups is 1. The fourth-order valence-corrected chi connectivity index (χ4v) is 2.07. The second-order valence-electron chi connectivity index (χ2n) is 3.70. The first-order valence-electron chi connectivity index (χ1n) is 5.25. The van der Waals surface area contributed by atoms with Crippen LogP contribution < -0.4 is 10.5 Å². The van der Waals surface area contributed by atoms with Crippen LogP contribution in [0.3, 0.4) is 0 Å². The summed E-state index contributed by atoms with van der Waals surface area (Å²) in [5.41, 5.74) is 5.84. The Balaban J connectivity index is 2.40. The van der Waals surface area contributed by atoms with Gasteiger partial charge in [0.2, 0.25) is 0 Å². The number of rotatable bonds is 3. The summed E-state index contributed by atoms with van der Waals surface area (Å²) in [6.07, 6.45) is 0. The number of ether oxygens (including phenoxy) is 1. The molecule has 0 bridgehead atoms. The Labute approximate surface area is 125 Å². The van der Waals surface area contributed by atoms with Crippen LogP contribution in [0.15, 0.2) is 36.4 Å². The predicted octanol–water partition coefficient (Wildman–Crippen LogP) is 4.72. The third kappa shape index (κ3) is 3.13. The van der Waals surface area contributed by atoms with Gasteiger partial charge in [0.25, 0.3) is 0 Å². The van der Waals surface area contributed by atoms with Crippen molar-refractivity contribution in [2.75, 3.05) is 0 Å². The minimum Gasteiger partial charge on any atom is -0.456 e. The third-order valence-electron chi connectivity index (χ3n) is 2.36. The minimum absolute atomic E-state index is 0.166. The van der Waals surface area contributed by atoms with Crippen molar-refractivity contribution in [3.63, 3.8) is 0 Å². The number of nitrogen functional groups attached to an aromatic ring is 1. The van der Waals surface area contributed by atoms with Gasteiger partial charge < -0.3 is 10.5 Å². The van der Waals surface area contributed by atoms with Crippen molar-refractivity contribution in [1.29, 1.82) is 5.41 Å². The Morgan fingerprint density at radius 2 is 1.74 bits per heavy atom. The Morgan fingerprint density at radius 1 is 1.00 bits per heavy atom. The molecule has 6 heteroatoms. The van der Waals surface area contributed by atoms with Crippen LogP contribution in [0.1, 0.15) is 5.56 Å². The van der Waals surface area contributed by atoms with Crippen LogP contribution in [0.5, 0.6) is 11.5 Å². The molecule has 2 rings (SSSR count). The molecule has 0 heterocycles. The van der Waals surface area contributed by atoms with Gasteiger partial charge in [-0.15, -0.1) is 0 Å². The number of benzene rings is 2. The van der Waals surface area contributed by atoms with Gasteiger partial charge in [0.15, 0.2) is 0 Å². The summed E-state index contributed by atoms with van der Waals surface area (Å²) in [7, 11) is 0. The van der Waals surface area contributed by atoms with Gasteiger partial charge in [-0.2, -0.15) is 0 Å². The second kappa shape index (κ2) is 5.70. The normalized spacial score (nSPS) is 10.3. The molecule has 0 fully saturated rings. The van der Waals surface area contributed by atoms with E-state index in [1.807, 2.05) is 0 Å². The highest BCUT2D eigenvalue weighted by molar-refractivity contribution is 6.42. The number of nitrogens with one attached hydrogen (secondary N) is 1. The molecule has 98 valence electrons. The van der Waals surface area contributed by atoms with E-state index in [1.54, 1.807) is 36.4 Å². The molecule has 0 saturated heterocycles. The zero-order valence-corrected chi connectivity index (χ0v) is 11.9. The van der Waals surface area contributed by atoms with Gasteiger partial charge in [-0.05, 0) is 24.3 Å². The van der Waals surface area contributed by atoms with E-state index in [4.69, 9.17) is 50.7 Å². The summed E-state index contributed by atoms with van der Waals surface area (Å²) in [6, 6.07) is 9.89. The van der Waals surface area contributed by atoms with Crippen molar-refractivity contribution in [2.24, 2.45) is 5.73 Å². The first-order chi connectivity index (χ1) is 8.99. The summed E-state index contributed by atoms with van der Waals surface area (Å²) in [5.74, 6) is 0.707. The first kappa shape index (κ1) is 14.0. The molecule has 0 aromatic heterocycles. The second-order valence-corrected chi connectivity index (χ2v) is 4.93. The van der Waals surface area contributed by atoms with Gasteiger partial charge in [0.1, 0.15) is 17.3 Å². The molecule has 3 N–H and O–H groups in total. The van der Waals surface area contributed by atoms with Crippen molar-refractivity contribution in [3.8, 4) is 11.5 Å². The third-order valence-corrected chi connectivity index (χ3v) is 3.42. The summed E-state index contributed by atoms with van der Waals surface area (Å²) in [4.78, 5) is 0. The van der Waals surface area contributed by atoms with Crippen LogP contribution in [0.25, 0.3) is 0 Å². The van der Waals surface area contributed by atoms with E-state index in [1.165, 1.54) is 0 Å². The van der Waals surface area contributed by atoms with Crippen LogP contribution in [-0.4, -0.2) is 5.84 Å². The zero-order chi connectivity index (χ0) is 14.0. The van der Waals surface area contributed by atoms with Crippen LogP contribution in [-0.2, 0) is 0 Å². The molecule has 0 aliphatic carbocycles. The molecule has 2 aromatic rings.